The third-order valence-electron chi connectivity index (χ3n) is 3.61. The molecule has 1 N–H and O–H groups in total. The fourth-order valence-electron chi connectivity index (χ4n) is 2.44. The van der Waals surface area contributed by atoms with E-state index in [0.29, 0.717) is 6.54 Å². The van der Waals surface area contributed by atoms with Crippen molar-refractivity contribution in [3.05, 3.63) is 40.8 Å². The van der Waals surface area contributed by atoms with E-state index in [0.717, 1.165) is 47.6 Å². The highest BCUT2D eigenvalue weighted by Crippen LogP contribution is 2.28. The van der Waals surface area contributed by atoms with Crippen molar-refractivity contribution in [2.75, 3.05) is 13.1 Å². The smallest absolute Gasteiger partial charge is 0.209 e. The van der Waals surface area contributed by atoms with Gasteiger partial charge in [0.1, 0.15) is 0 Å². The van der Waals surface area contributed by atoms with Crippen molar-refractivity contribution >= 4 is 15.9 Å². The summed E-state index contributed by atoms with van der Waals surface area (Å²) in [6.45, 7) is 2.50. The Bertz CT molecular complexity index is 577. The van der Waals surface area contributed by atoms with Gasteiger partial charge in [-0.25, -0.2) is 4.98 Å². The van der Waals surface area contributed by atoms with Crippen molar-refractivity contribution in [3.63, 3.8) is 0 Å². The zero-order chi connectivity index (χ0) is 13.9. The monoisotopic (exact) mass is 336 g/mol. The molecule has 0 radical (unpaired) electrons. The lowest BCUT2D eigenvalue weighted by atomic mass is 10.1. The number of rotatable bonds is 3. The zero-order valence-corrected chi connectivity index (χ0v) is 12.7. The summed E-state index contributed by atoms with van der Waals surface area (Å²) in [4.78, 5) is 6.62. The van der Waals surface area contributed by atoms with Crippen LogP contribution in [0.3, 0.4) is 0 Å². The summed E-state index contributed by atoms with van der Waals surface area (Å²) in [6.07, 6.45) is 3.29. The molecule has 0 saturated carbocycles. The van der Waals surface area contributed by atoms with Crippen LogP contribution >= 0.6 is 15.9 Å². The van der Waals surface area contributed by atoms with Crippen LogP contribution in [0, 0.1) is 0 Å². The summed E-state index contributed by atoms with van der Waals surface area (Å²) >= 11 is 3.52. The summed E-state index contributed by atoms with van der Waals surface area (Å²) in [7, 11) is 0. The highest BCUT2D eigenvalue weighted by Gasteiger charge is 2.19. The molecule has 1 aliphatic rings. The molecule has 1 fully saturated rings. The van der Waals surface area contributed by atoms with Crippen molar-refractivity contribution < 1.29 is 9.52 Å². The molecule has 4 nitrogen and oxygen atoms in total. The lowest BCUT2D eigenvalue weighted by Crippen LogP contribution is -2.35. The third kappa shape index (κ3) is 3.11. The number of benzene rings is 1. The third-order valence-corrected chi connectivity index (χ3v) is 4.30. The quantitative estimate of drug-likeness (QED) is 0.935. The largest absolute Gasteiger partial charge is 0.439 e. The number of hydrogen-bond acceptors (Lipinski definition) is 4. The topological polar surface area (TPSA) is 49.5 Å². The number of aromatic nitrogens is 1. The molecular formula is C15H17BrN2O2. The number of halogens is 1. The van der Waals surface area contributed by atoms with Crippen LogP contribution in [-0.2, 0) is 6.54 Å². The molecule has 106 valence electrons. The van der Waals surface area contributed by atoms with E-state index in [-0.39, 0.29) is 6.10 Å². The summed E-state index contributed by atoms with van der Waals surface area (Å²) in [5, 5.41) is 9.51. The van der Waals surface area contributed by atoms with Gasteiger partial charge in [0, 0.05) is 23.1 Å². The number of likely N-dealkylation sites (tertiary alicyclic amines) is 1. The first-order valence-electron chi connectivity index (χ1n) is 6.82. The summed E-state index contributed by atoms with van der Waals surface area (Å²) in [5.41, 5.74) is 1.01. The first-order chi connectivity index (χ1) is 9.72. The van der Waals surface area contributed by atoms with Crippen LogP contribution in [0.1, 0.15) is 18.7 Å². The fraction of sp³-hybridized carbons (Fsp3) is 0.400. The van der Waals surface area contributed by atoms with Crippen LogP contribution in [0.5, 0.6) is 0 Å². The molecule has 0 atom stereocenters. The number of aliphatic hydroxyl groups is 1. The van der Waals surface area contributed by atoms with Gasteiger partial charge in [0.15, 0.2) is 5.76 Å². The maximum absolute atomic E-state index is 9.51. The van der Waals surface area contributed by atoms with Gasteiger partial charge in [-0.05, 0) is 18.9 Å². The van der Waals surface area contributed by atoms with E-state index in [9.17, 15) is 5.11 Å². The van der Waals surface area contributed by atoms with E-state index in [1.807, 2.05) is 24.3 Å². The number of nitrogens with zero attached hydrogens (tertiary/aromatic N) is 2. The first kappa shape index (κ1) is 13.8. The van der Waals surface area contributed by atoms with Crippen LogP contribution in [-0.4, -0.2) is 34.2 Å². The number of piperidine rings is 1. The molecule has 20 heavy (non-hydrogen) atoms. The fourth-order valence-corrected chi connectivity index (χ4v) is 2.92. The molecule has 0 spiro atoms. The van der Waals surface area contributed by atoms with Crippen molar-refractivity contribution in [2.24, 2.45) is 0 Å². The second-order valence-corrected chi connectivity index (χ2v) is 5.96. The number of aliphatic hydroxyl groups excluding tert-OH is 1. The second kappa shape index (κ2) is 6.08. The second-order valence-electron chi connectivity index (χ2n) is 5.11. The lowest BCUT2D eigenvalue weighted by Gasteiger charge is -2.28. The Hall–Kier alpha value is -1.17. The van der Waals surface area contributed by atoms with E-state index in [1.165, 1.54) is 0 Å². The van der Waals surface area contributed by atoms with Gasteiger partial charge in [-0.1, -0.05) is 34.1 Å². The van der Waals surface area contributed by atoms with Gasteiger partial charge in [0.2, 0.25) is 5.89 Å². The lowest BCUT2D eigenvalue weighted by molar-refractivity contribution is 0.0752. The Morgan fingerprint density at radius 2 is 2.05 bits per heavy atom. The van der Waals surface area contributed by atoms with Crippen LogP contribution in [0.2, 0.25) is 0 Å². The molecule has 1 aromatic carbocycles. The summed E-state index contributed by atoms with van der Waals surface area (Å²) < 4.78 is 6.84. The van der Waals surface area contributed by atoms with Crippen molar-refractivity contribution in [2.45, 2.75) is 25.5 Å². The van der Waals surface area contributed by atoms with Gasteiger partial charge >= 0.3 is 0 Å². The number of oxazole rings is 1. The zero-order valence-electron chi connectivity index (χ0n) is 11.1. The molecule has 0 amide bonds. The molecule has 5 heteroatoms. The molecule has 2 heterocycles. The average molecular weight is 337 g/mol. The van der Waals surface area contributed by atoms with Gasteiger partial charge in [-0.3, -0.25) is 4.90 Å². The minimum atomic E-state index is -0.147. The Morgan fingerprint density at radius 3 is 2.80 bits per heavy atom. The molecule has 3 rings (SSSR count). The van der Waals surface area contributed by atoms with Crippen molar-refractivity contribution in [1.82, 2.24) is 9.88 Å². The Balaban J connectivity index is 1.70. The predicted octanol–water partition coefficient (Wildman–Crippen LogP) is 3.06. The average Bonchev–Trinajstić information content (AvgIpc) is 2.90. The molecule has 0 unspecified atom stereocenters. The Labute approximate surface area is 126 Å². The molecule has 2 aromatic rings. The standard InChI is InChI=1S/C15H17BrN2O2/c16-13-4-2-1-3-12(13)14-9-17-15(20-14)10-18-7-5-11(19)6-8-18/h1-4,9,11,19H,5-8,10H2. The maximum atomic E-state index is 9.51. The van der Waals surface area contributed by atoms with Gasteiger partial charge in [-0.15, -0.1) is 0 Å². The summed E-state index contributed by atoms with van der Waals surface area (Å²) in [5.74, 6) is 1.51. The van der Waals surface area contributed by atoms with Crippen LogP contribution in [0.25, 0.3) is 11.3 Å². The minimum absolute atomic E-state index is 0.147. The molecule has 1 aliphatic heterocycles. The highest BCUT2D eigenvalue weighted by molar-refractivity contribution is 9.10. The molecule has 0 aliphatic carbocycles. The van der Waals surface area contributed by atoms with E-state index in [1.54, 1.807) is 6.20 Å². The van der Waals surface area contributed by atoms with Crippen molar-refractivity contribution in [3.8, 4) is 11.3 Å². The molecular weight excluding hydrogens is 320 g/mol. The SMILES string of the molecule is OC1CCN(Cc2ncc(-c3ccccc3Br)o2)CC1. The van der Waals surface area contributed by atoms with Gasteiger partial charge < -0.3 is 9.52 Å². The van der Waals surface area contributed by atoms with E-state index >= 15 is 0 Å². The normalized spacial score (nSPS) is 17.5. The predicted molar refractivity (Wildman–Crippen MR) is 80.2 cm³/mol. The number of hydrogen-bond donors (Lipinski definition) is 1. The molecule has 1 aromatic heterocycles. The van der Waals surface area contributed by atoms with Gasteiger partial charge in [0.25, 0.3) is 0 Å². The van der Waals surface area contributed by atoms with Gasteiger partial charge in [-0.2, -0.15) is 0 Å². The van der Waals surface area contributed by atoms with E-state index in [4.69, 9.17) is 4.42 Å². The Kier molecular flexibility index (Phi) is 4.19. The summed E-state index contributed by atoms with van der Waals surface area (Å²) in [6, 6.07) is 7.95. The van der Waals surface area contributed by atoms with E-state index < -0.39 is 0 Å². The molecule has 0 bridgehead atoms. The first-order valence-corrected chi connectivity index (χ1v) is 7.61. The highest BCUT2D eigenvalue weighted by atomic mass is 79.9. The molecule has 1 saturated heterocycles. The van der Waals surface area contributed by atoms with Gasteiger partial charge in [0.05, 0.1) is 18.8 Å². The van der Waals surface area contributed by atoms with Crippen LogP contribution < -0.4 is 0 Å². The van der Waals surface area contributed by atoms with E-state index in [2.05, 4.69) is 25.8 Å². The Morgan fingerprint density at radius 1 is 1.30 bits per heavy atom. The van der Waals surface area contributed by atoms with Crippen LogP contribution in [0.4, 0.5) is 0 Å². The maximum Gasteiger partial charge on any atom is 0.209 e. The van der Waals surface area contributed by atoms with Crippen molar-refractivity contribution in [1.29, 1.82) is 0 Å². The minimum Gasteiger partial charge on any atom is -0.439 e. The van der Waals surface area contributed by atoms with Crippen LogP contribution in [0.15, 0.2) is 39.4 Å².